The molecule has 1 N–H and O–H groups in total. The number of fused-ring (bicyclic) bond motifs is 2. The van der Waals surface area contributed by atoms with E-state index in [1.807, 2.05) is 12.1 Å². The third kappa shape index (κ3) is 4.38. The molecule has 9 heteroatoms. The van der Waals surface area contributed by atoms with Gasteiger partial charge in [-0.15, -0.1) is 0 Å². The van der Waals surface area contributed by atoms with Gasteiger partial charge in [-0.2, -0.15) is 0 Å². The summed E-state index contributed by atoms with van der Waals surface area (Å²) in [4.78, 5) is 35.2. The first-order chi connectivity index (χ1) is 16.9. The minimum Gasteiger partial charge on any atom is -0.324 e. The van der Waals surface area contributed by atoms with Crippen LogP contribution in [0.3, 0.4) is 0 Å². The Bertz CT molecular complexity index is 1650. The number of carbonyl (C=O) groups is 1. The first-order valence-corrected chi connectivity index (χ1v) is 11.6. The van der Waals surface area contributed by atoms with E-state index in [9.17, 15) is 18.4 Å². The topological polar surface area (TPSA) is 76.9 Å². The van der Waals surface area contributed by atoms with E-state index in [2.05, 4.69) is 15.3 Å². The summed E-state index contributed by atoms with van der Waals surface area (Å²) in [6.07, 6.45) is 1.67. The zero-order valence-corrected chi connectivity index (χ0v) is 19.2. The Morgan fingerprint density at radius 1 is 0.971 bits per heavy atom. The number of hydrogen-bond donors (Lipinski definition) is 1. The summed E-state index contributed by atoms with van der Waals surface area (Å²) >= 11 is 1.00. The van der Waals surface area contributed by atoms with Gasteiger partial charge in [0.15, 0.2) is 5.16 Å². The highest BCUT2D eigenvalue weighted by Crippen LogP contribution is 2.28. The van der Waals surface area contributed by atoms with E-state index in [1.54, 1.807) is 55.6 Å². The van der Waals surface area contributed by atoms with Crippen LogP contribution in [0.4, 0.5) is 14.5 Å². The van der Waals surface area contributed by atoms with Gasteiger partial charge in [0.05, 0.1) is 33.0 Å². The average Bonchev–Trinajstić information content (AvgIpc) is 2.85. The van der Waals surface area contributed by atoms with Crippen LogP contribution in [0.25, 0.3) is 27.5 Å². The Hall–Kier alpha value is -4.11. The van der Waals surface area contributed by atoms with E-state index in [4.69, 9.17) is 0 Å². The molecule has 1 unspecified atom stereocenters. The summed E-state index contributed by atoms with van der Waals surface area (Å²) in [6, 6.07) is 18.7. The molecule has 0 aliphatic carbocycles. The number of nitrogens with zero attached hydrogens (tertiary/aromatic N) is 3. The highest BCUT2D eigenvalue weighted by molar-refractivity contribution is 8.00. The van der Waals surface area contributed by atoms with Crippen molar-refractivity contribution in [2.45, 2.75) is 17.3 Å². The third-order valence-corrected chi connectivity index (χ3v) is 6.50. The van der Waals surface area contributed by atoms with Gasteiger partial charge in [-0.3, -0.25) is 19.1 Å². The lowest BCUT2D eigenvalue weighted by atomic mass is 10.2. The van der Waals surface area contributed by atoms with Crippen LogP contribution in [0.1, 0.15) is 6.92 Å². The maximum atomic E-state index is 14.7. The Kier molecular flexibility index (Phi) is 6.00. The molecule has 0 aliphatic heterocycles. The highest BCUT2D eigenvalue weighted by Gasteiger charge is 2.22. The van der Waals surface area contributed by atoms with Crippen LogP contribution in [0.5, 0.6) is 0 Å². The number of carbonyl (C=O) groups excluding carboxylic acids is 1. The van der Waals surface area contributed by atoms with Gasteiger partial charge >= 0.3 is 0 Å². The zero-order chi connectivity index (χ0) is 24.5. The molecule has 0 radical (unpaired) electrons. The first kappa shape index (κ1) is 22.7. The Labute approximate surface area is 202 Å². The molecule has 174 valence electrons. The van der Waals surface area contributed by atoms with Crippen LogP contribution in [0.2, 0.25) is 0 Å². The second-order valence-corrected chi connectivity index (χ2v) is 9.08. The number of halogens is 2. The van der Waals surface area contributed by atoms with Gasteiger partial charge in [0.2, 0.25) is 5.91 Å². The fourth-order valence-corrected chi connectivity index (χ4v) is 4.64. The number of rotatable bonds is 5. The molecular weight excluding hydrogens is 470 g/mol. The van der Waals surface area contributed by atoms with Crippen molar-refractivity contribution in [3.63, 3.8) is 0 Å². The van der Waals surface area contributed by atoms with E-state index in [0.717, 1.165) is 33.3 Å². The van der Waals surface area contributed by atoms with Crippen LogP contribution < -0.4 is 10.9 Å². The summed E-state index contributed by atoms with van der Waals surface area (Å²) in [6.45, 7) is 1.66. The molecule has 1 amide bonds. The average molecular weight is 489 g/mol. The summed E-state index contributed by atoms with van der Waals surface area (Å²) in [5.74, 6) is -2.01. The molecule has 0 saturated heterocycles. The summed E-state index contributed by atoms with van der Waals surface area (Å²) in [7, 11) is 0. The summed E-state index contributed by atoms with van der Waals surface area (Å²) in [5.41, 5.74) is 1.08. The van der Waals surface area contributed by atoms with E-state index in [0.29, 0.717) is 17.3 Å². The fraction of sp³-hybridized carbons (Fsp3) is 0.0769. The van der Waals surface area contributed by atoms with Crippen molar-refractivity contribution in [3.8, 4) is 5.69 Å². The molecule has 0 saturated carbocycles. The molecule has 35 heavy (non-hydrogen) atoms. The van der Waals surface area contributed by atoms with E-state index in [1.165, 1.54) is 6.07 Å². The Morgan fingerprint density at radius 2 is 1.74 bits per heavy atom. The maximum Gasteiger partial charge on any atom is 0.266 e. The predicted molar refractivity (Wildman–Crippen MR) is 133 cm³/mol. The van der Waals surface area contributed by atoms with Gasteiger partial charge in [0.1, 0.15) is 11.6 Å². The lowest BCUT2D eigenvalue weighted by molar-refractivity contribution is -0.115. The number of aromatic nitrogens is 3. The van der Waals surface area contributed by atoms with Gasteiger partial charge in [0, 0.05) is 17.6 Å². The largest absolute Gasteiger partial charge is 0.324 e. The minimum absolute atomic E-state index is 0.112. The standard InChI is InChI=1S/C26H18F2N4O2S/c1-15(24(33)30-21-10-4-9-20-17(21)7-5-13-29-20)35-26-31-22-8-3-2-6-18(22)25(34)32(26)23-12-11-16(27)14-19(23)28/h2-15H,1H3,(H,30,33). The lowest BCUT2D eigenvalue weighted by Gasteiger charge is -2.17. The van der Waals surface area contributed by atoms with Gasteiger partial charge in [-0.25, -0.2) is 13.8 Å². The molecular formula is C26H18F2N4O2S. The minimum atomic E-state index is -0.911. The highest BCUT2D eigenvalue weighted by atomic mass is 32.2. The second kappa shape index (κ2) is 9.27. The summed E-state index contributed by atoms with van der Waals surface area (Å²) < 4.78 is 29.3. The molecule has 0 fully saturated rings. The van der Waals surface area contributed by atoms with E-state index < -0.39 is 22.4 Å². The zero-order valence-electron chi connectivity index (χ0n) is 18.4. The number of para-hydroxylation sites is 1. The van der Waals surface area contributed by atoms with Crippen LogP contribution >= 0.6 is 11.8 Å². The smallest absolute Gasteiger partial charge is 0.266 e. The lowest BCUT2D eigenvalue weighted by Crippen LogP contribution is -2.26. The number of benzene rings is 3. The van der Waals surface area contributed by atoms with Crippen molar-refractivity contribution < 1.29 is 13.6 Å². The van der Waals surface area contributed by atoms with E-state index in [-0.39, 0.29) is 22.1 Å². The number of pyridine rings is 1. The van der Waals surface area contributed by atoms with Gasteiger partial charge in [0.25, 0.3) is 5.56 Å². The molecule has 2 aromatic heterocycles. The quantitative estimate of drug-likeness (QED) is 0.267. The van der Waals surface area contributed by atoms with Crippen molar-refractivity contribution in [3.05, 3.63) is 101 Å². The molecule has 0 aliphatic rings. The Balaban J connectivity index is 1.53. The Morgan fingerprint density at radius 3 is 2.57 bits per heavy atom. The molecule has 3 aromatic carbocycles. The first-order valence-electron chi connectivity index (χ1n) is 10.7. The second-order valence-electron chi connectivity index (χ2n) is 7.77. The molecule has 0 bridgehead atoms. The fourth-order valence-electron chi connectivity index (χ4n) is 3.72. The number of thioether (sulfide) groups is 1. The summed E-state index contributed by atoms with van der Waals surface area (Å²) in [5, 5.41) is 3.37. The molecule has 2 heterocycles. The van der Waals surface area contributed by atoms with Gasteiger partial charge in [-0.1, -0.05) is 30.0 Å². The van der Waals surface area contributed by atoms with Crippen molar-refractivity contribution in [2.24, 2.45) is 0 Å². The predicted octanol–water partition coefficient (Wildman–Crippen LogP) is 5.33. The van der Waals surface area contributed by atoms with Crippen molar-refractivity contribution in [1.82, 2.24) is 14.5 Å². The normalized spacial score (nSPS) is 12.1. The number of nitrogens with one attached hydrogen (secondary N) is 1. The van der Waals surface area contributed by atoms with Gasteiger partial charge in [-0.05, 0) is 55.5 Å². The van der Waals surface area contributed by atoms with Crippen LogP contribution in [-0.4, -0.2) is 25.7 Å². The van der Waals surface area contributed by atoms with Crippen LogP contribution in [-0.2, 0) is 4.79 Å². The number of amides is 1. The number of hydrogen-bond acceptors (Lipinski definition) is 5. The molecule has 5 rings (SSSR count). The van der Waals surface area contributed by atoms with Gasteiger partial charge < -0.3 is 5.32 Å². The third-order valence-electron chi connectivity index (χ3n) is 5.45. The van der Waals surface area contributed by atoms with E-state index >= 15 is 0 Å². The monoisotopic (exact) mass is 488 g/mol. The molecule has 1 atom stereocenters. The maximum absolute atomic E-state index is 14.7. The SMILES string of the molecule is CC(Sc1nc2ccccc2c(=O)n1-c1ccc(F)cc1F)C(=O)Nc1cccc2ncccc12. The number of anilines is 1. The molecule has 0 spiro atoms. The molecule has 5 aromatic rings. The van der Waals surface area contributed by atoms with Crippen molar-refractivity contribution >= 4 is 45.2 Å². The van der Waals surface area contributed by atoms with Crippen LogP contribution in [0.15, 0.2) is 88.9 Å². The van der Waals surface area contributed by atoms with Crippen LogP contribution in [0, 0.1) is 11.6 Å². The molecule has 6 nitrogen and oxygen atoms in total. The van der Waals surface area contributed by atoms with Crippen molar-refractivity contribution in [1.29, 1.82) is 0 Å². The van der Waals surface area contributed by atoms with Crippen molar-refractivity contribution in [2.75, 3.05) is 5.32 Å².